The number of rotatable bonds is 3. The zero-order valence-electron chi connectivity index (χ0n) is 9.36. The van der Waals surface area contributed by atoms with Crippen LogP contribution in [-0.4, -0.2) is 6.54 Å². The predicted octanol–water partition coefficient (Wildman–Crippen LogP) is 3.94. The van der Waals surface area contributed by atoms with E-state index in [0.29, 0.717) is 6.54 Å². The lowest BCUT2D eigenvalue weighted by Crippen LogP contribution is -1.87. The molecule has 0 saturated carbocycles. The van der Waals surface area contributed by atoms with Crippen molar-refractivity contribution in [1.82, 2.24) is 0 Å². The summed E-state index contributed by atoms with van der Waals surface area (Å²) in [6, 6.07) is 4.32. The van der Waals surface area contributed by atoms with Gasteiger partial charge in [-0.3, -0.25) is 0 Å². The van der Waals surface area contributed by atoms with Crippen molar-refractivity contribution >= 4 is 6.08 Å². The Hall–Kier alpha value is -1.73. The molecule has 0 fully saturated rings. The second-order valence-corrected chi connectivity index (χ2v) is 3.61. The molecule has 78 valence electrons. The Kier molecular flexibility index (Phi) is 3.95. The number of benzene rings is 1. The molecule has 0 aliphatic heterocycles. The maximum absolute atomic E-state index is 8.12. The van der Waals surface area contributed by atoms with Crippen molar-refractivity contribution in [1.29, 1.82) is 0 Å². The monoisotopic (exact) mass is 201 g/mol. The summed E-state index contributed by atoms with van der Waals surface area (Å²) in [6.07, 6.45) is 3.87. The van der Waals surface area contributed by atoms with Gasteiger partial charge in [-0.1, -0.05) is 29.4 Å². The highest BCUT2D eigenvalue weighted by Crippen LogP contribution is 2.16. The highest BCUT2D eigenvalue weighted by atomic mass is 15.1. The van der Waals surface area contributed by atoms with E-state index in [4.69, 9.17) is 5.53 Å². The highest BCUT2D eigenvalue weighted by Gasteiger charge is 1.97. The molecular weight excluding hydrogens is 186 g/mol. The number of nitrogens with zero attached hydrogens (tertiary/aromatic N) is 3. The number of hydrogen-bond donors (Lipinski definition) is 0. The van der Waals surface area contributed by atoms with Gasteiger partial charge < -0.3 is 0 Å². The predicted molar refractivity (Wildman–Crippen MR) is 63.7 cm³/mol. The van der Waals surface area contributed by atoms with Crippen LogP contribution in [0.2, 0.25) is 0 Å². The second-order valence-electron chi connectivity index (χ2n) is 3.61. The van der Waals surface area contributed by atoms with Gasteiger partial charge in [0.05, 0.1) is 0 Å². The van der Waals surface area contributed by atoms with E-state index in [2.05, 4.69) is 42.9 Å². The minimum atomic E-state index is 0.406. The van der Waals surface area contributed by atoms with Crippen molar-refractivity contribution in [3.8, 4) is 0 Å². The van der Waals surface area contributed by atoms with Gasteiger partial charge in [-0.2, -0.15) is 0 Å². The van der Waals surface area contributed by atoms with E-state index < -0.39 is 0 Å². The van der Waals surface area contributed by atoms with Crippen LogP contribution in [0.3, 0.4) is 0 Å². The normalized spacial score (nSPS) is 10.3. The largest absolute Gasteiger partial charge is 0.0899 e. The van der Waals surface area contributed by atoms with Crippen molar-refractivity contribution in [2.75, 3.05) is 6.54 Å². The number of aryl methyl sites for hydroxylation is 3. The molecule has 3 heteroatoms. The third kappa shape index (κ3) is 3.15. The van der Waals surface area contributed by atoms with Crippen molar-refractivity contribution in [3.05, 3.63) is 50.9 Å². The van der Waals surface area contributed by atoms with Crippen molar-refractivity contribution < 1.29 is 0 Å². The van der Waals surface area contributed by atoms with Crippen molar-refractivity contribution in [2.45, 2.75) is 20.8 Å². The molecule has 0 unspecified atom stereocenters. The van der Waals surface area contributed by atoms with Crippen LogP contribution in [0.25, 0.3) is 16.5 Å². The van der Waals surface area contributed by atoms with Gasteiger partial charge in [0.25, 0.3) is 0 Å². The molecule has 1 rings (SSSR count). The zero-order valence-corrected chi connectivity index (χ0v) is 9.36. The van der Waals surface area contributed by atoms with Gasteiger partial charge in [0, 0.05) is 11.5 Å². The molecule has 1 aromatic rings. The molecule has 1 aromatic carbocycles. The van der Waals surface area contributed by atoms with Crippen LogP contribution in [0.1, 0.15) is 22.3 Å². The molecule has 3 nitrogen and oxygen atoms in total. The van der Waals surface area contributed by atoms with Crippen LogP contribution in [0.15, 0.2) is 23.3 Å². The summed E-state index contributed by atoms with van der Waals surface area (Å²) in [5.74, 6) is 0. The van der Waals surface area contributed by atoms with Crippen molar-refractivity contribution in [2.24, 2.45) is 5.11 Å². The summed E-state index contributed by atoms with van der Waals surface area (Å²) in [4.78, 5) is 2.69. The van der Waals surface area contributed by atoms with Crippen LogP contribution in [0, 0.1) is 20.8 Å². The Morgan fingerprint density at radius 2 is 1.87 bits per heavy atom. The average molecular weight is 201 g/mol. The molecule has 0 aliphatic rings. The summed E-state index contributed by atoms with van der Waals surface area (Å²) in [6.45, 7) is 6.69. The van der Waals surface area contributed by atoms with Crippen LogP contribution >= 0.6 is 0 Å². The lowest BCUT2D eigenvalue weighted by molar-refractivity contribution is 1.22. The van der Waals surface area contributed by atoms with Crippen LogP contribution in [0.4, 0.5) is 0 Å². The first-order valence-corrected chi connectivity index (χ1v) is 4.90. The average Bonchev–Trinajstić information content (AvgIpc) is 2.20. The summed E-state index contributed by atoms with van der Waals surface area (Å²) >= 11 is 0. The van der Waals surface area contributed by atoms with Gasteiger partial charge in [-0.15, -0.1) is 0 Å². The summed E-state index contributed by atoms with van der Waals surface area (Å²) < 4.78 is 0. The van der Waals surface area contributed by atoms with Gasteiger partial charge in [0.15, 0.2) is 0 Å². The van der Waals surface area contributed by atoms with E-state index in [9.17, 15) is 0 Å². The molecule has 0 radical (unpaired) electrons. The topological polar surface area (TPSA) is 48.8 Å². The van der Waals surface area contributed by atoms with E-state index in [1.807, 2.05) is 12.2 Å². The highest BCUT2D eigenvalue weighted by molar-refractivity contribution is 5.56. The Morgan fingerprint density at radius 3 is 2.53 bits per heavy atom. The van der Waals surface area contributed by atoms with Gasteiger partial charge in [-0.05, 0) is 48.6 Å². The van der Waals surface area contributed by atoms with Gasteiger partial charge >= 0.3 is 0 Å². The van der Waals surface area contributed by atoms with Crippen LogP contribution in [-0.2, 0) is 0 Å². The number of hydrogen-bond acceptors (Lipinski definition) is 1. The third-order valence-corrected chi connectivity index (χ3v) is 2.43. The first-order valence-electron chi connectivity index (χ1n) is 4.90. The fourth-order valence-corrected chi connectivity index (χ4v) is 1.43. The van der Waals surface area contributed by atoms with E-state index in [0.717, 1.165) is 0 Å². The Bertz CT molecular complexity index is 427. The van der Waals surface area contributed by atoms with Gasteiger partial charge in [-0.25, -0.2) is 0 Å². The molecule has 15 heavy (non-hydrogen) atoms. The molecule has 0 saturated heterocycles. The maximum Gasteiger partial charge on any atom is 0.0443 e. The van der Waals surface area contributed by atoms with Gasteiger partial charge in [0.2, 0.25) is 0 Å². The van der Waals surface area contributed by atoms with E-state index in [1.54, 1.807) is 0 Å². The minimum absolute atomic E-state index is 0.406. The van der Waals surface area contributed by atoms with E-state index in [1.165, 1.54) is 22.3 Å². The molecule has 0 spiro atoms. The molecule has 0 aliphatic carbocycles. The Morgan fingerprint density at radius 1 is 1.20 bits per heavy atom. The second kappa shape index (κ2) is 5.23. The first-order chi connectivity index (χ1) is 7.15. The lowest BCUT2D eigenvalue weighted by Gasteiger charge is -2.05. The molecule has 0 heterocycles. The summed E-state index contributed by atoms with van der Waals surface area (Å²) in [7, 11) is 0. The number of azide groups is 1. The smallest absolute Gasteiger partial charge is 0.0443 e. The first kappa shape index (κ1) is 11.3. The molecule has 0 aromatic heterocycles. The van der Waals surface area contributed by atoms with Crippen molar-refractivity contribution in [3.63, 3.8) is 0 Å². The molecule has 0 bridgehead atoms. The SMILES string of the molecule is Cc1cc(C)c(C=CCN=[N+]=[N-])cc1C. The molecule has 0 amide bonds. The van der Waals surface area contributed by atoms with Crippen LogP contribution in [0.5, 0.6) is 0 Å². The Labute approximate surface area is 90.1 Å². The molecule has 0 N–H and O–H groups in total. The lowest BCUT2D eigenvalue weighted by atomic mass is 10.0. The maximum atomic E-state index is 8.12. The minimum Gasteiger partial charge on any atom is -0.0899 e. The third-order valence-electron chi connectivity index (χ3n) is 2.43. The quantitative estimate of drug-likeness (QED) is 0.404. The fraction of sp³-hybridized carbons (Fsp3) is 0.333. The van der Waals surface area contributed by atoms with E-state index in [-0.39, 0.29) is 0 Å². The van der Waals surface area contributed by atoms with E-state index >= 15 is 0 Å². The Balaban J connectivity index is 2.90. The molecular formula is C12H15N3. The standard InChI is InChI=1S/C12H15N3/c1-9-7-11(3)12(8-10(9)2)5-4-6-14-15-13/h4-5,7-8H,6H2,1-3H3. The fourth-order valence-electron chi connectivity index (χ4n) is 1.43. The van der Waals surface area contributed by atoms with Crippen LogP contribution < -0.4 is 0 Å². The summed E-state index contributed by atoms with van der Waals surface area (Å²) in [5, 5.41) is 3.45. The molecule has 0 atom stereocenters. The van der Waals surface area contributed by atoms with Gasteiger partial charge in [0.1, 0.15) is 0 Å². The zero-order chi connectivity index (χ0) is 11.3. The summed E-state index contributed by atoms with van der Waals surface area (Å²) in [5.41, 5.74) is 13.1.